The number of aryl methyl sites for hydroxylation is 1. The molecule has 0 aliphatic rings. The highest BCUT2D eigenvalue weighted by Crippen LogP contribution is 2.32. The molecule has 1 amide bonds. The Hall–Kier alpha value is -1.76. The molecular weight excluding hydrogens is 268 g/mol. The molecule has 0 unspecified atom stereocenters. The molecular formula is C12H18N2O4S. The molecule has 1 aromatic carbocycles. The van der Waals surface area contributed by atoms with Crippen molar-refractivity contribution in [3.63, 3.8) is 0 Å². The van der Waals surface area contributed by atoms with Gasteiger partial charge in [0.05, 0.1) is 19.1 Å². The van der Waals surface area contributed by atoms with Gasteiger partial charge >= 0.3 is 0 Å². The number of anilines is 1. The maximum Gasteiger partial charge on any atom is 0.241 e. The number of hydrogen-bond donors (Lipinski definition) is 1. The van der Waals surface area contributed by atoms with E-state index < -0.39 is 22.0 Å². The number of rotatable bonds is 5. The predicted molar refractivity (Wildman–Crippen MR) is 73.7 cm³/mol. The van der Waals surface area contributed by atoms with E-state index in [4.69, 9.17) is 10.5 Å². The largest absolute Gasteiger partial charge is 0.495 e. The van der Waals surface area contributed by atoms with E-state index >= 15 is 0 Å². The third-order valence-electron chi connectivity index (χ3n) is 2.69. The van der Waals surface area contributed by atoms with Crippen LogP contribution in [-0.4, -0.2) is 33.7 Å². The molecule has 6 nitrogen and oxygen atoms in total. The maximum absolute atomic E-state index is 11.9. The number of nitrogens with zero attached hydrogens (tertiary/aromatic N) is 1. The molecule has 0 saturated heterocycles. The van der Waals surface area contributed by atoms with Crippen LogP contribution < -0.4 is 14.8 Å². The van der Waals surface area contributed by atoms with Gasteiger partial charge < -0.3 is 10.5 Å². The molecule has 1 aromatic rings. The number of methoxy groups -OCH3 is 1. The molecule has 0 aromatic heterocycles. The smallest absolute Gasteiger partial charge is 0.241 e. The van der Waals surface area contributed by atoms with E-state index in [2.05, 4.69) is 0 Å². The fourth-order valence-electron chi connectivity index (χ4n) is 1.76. The van der Waals surface area contributed by atoms with Crippen molar-refractivity contribution in [3.8, 4) is 5.75 Å². The highest BCUT2D eigenvalue weighted by atomic mass is 32.2. The fraction of sp³-hybridized carbons (Fsp3) is 0.417. The second kappa shape index (κ2) is 5.48. The molecule has 0 aliphatic carbocycles. The second-order valence-electron chi connectivity index (χ2n) is 4.31. The van der Waals surface area contributed by atoms with E-state index in [1.165, 1.54) is 14.0 Å². The summed E-state index contributed by atoms with van der Waals surface area (Å²) in [6, 6.07) is 4.08. The normalized spacial score (nSPS) is 12.8. The second-order valence-corrected chi connectivity index (χ2v) is 6.17. The van der Waals surface area contributed by atoms with Crippen LogP contribution in [0.3, 0.4) is 0 Å². The van der Waals surface area contributed by atoms with Crippen molar-refractivity contribution < 1.29 is 17.9 Å². The van der Waals surface area contributed by atoms with Gasteiger partial charge in [0.15, 0.2) is 0 Å². The van der Waals surface area contributed by atoms with Gasteiger partial charge in [0, 0.05) is 0 Å². The minimum Gasteiger partial charge on any atom is -0.495 e. The lowest BCUT2D eigenvalue weighted by Gasteiger charge is -2.28. The molecule has 0 bridgehead atoms. The van der Waals surface area contributed by atoms with Crippen molar-refractivity contribution in [2.24, 2.45) is 5.73 Å². The van der Waals surface area contributed by atoms with Crippen molar-refractivity contribution in [2.75, 3.05) is 17.7 Å². The monoisotopic (exact) mass is 286 g/mol. The number of amides is 1. The Balaban J connectivity index is 3.50. The Morgan fingerprint density at radius 2 is 2.00 bits per heavy atom. The first kappa shape index (κ1) is 15.3. The minimum atomic E-state index is -3.66. The topological polar surface area (TPSA) is 89.7 Å². The molecule has 19 heavy (non-hydrogen) atoms. The van der Waals surface area contributed by atoms with E-state index in [0.29, 0.717) is 11.4 Å². The molecule has 0 saturated carbocycles. The third kappa shape index (κ3) is 3.37. The average molecular weight is 286 g/mol. The summed E-state index contributed by atoms with van der Waals surface area (Å²) in [4.78, 5) is 11.3. The van der Waals surface area contributed by atoms with Crippen molar-refractivity contribution in [2.45, 2.75) is 19.9 Å². The van der Waals surface area contributed by atoms with Gasteiger partial charge in [-0.15, -0.1) is 0 Å². The SMILES string of the molecule is COc1ccc(C)cc1N([C@H](C)C(N)=O)S(C)(=O)=O. The van der Waals surface area contributed by atoms with Crippen LogP contribution in [0.25, 0.3) is 0 Å². The molecule has 0 aliphatic heterocycles. The van der Waals surface area contributed by atoms with Gasteiger partial charge in [-0.05, 0) is 31.5 Å². The van der Waals surface area contributed by atoms with Crippen molar-refractivity contribution in [1.82, 2.24) is 0 Å². The Labute approximate surface area is 113 Å². The van der Waals surface area contributed by atoms with Crippen LogP contribution in [0.2, 0.25) is 0 Å². The molecule has 2 N–H and O–H groups in total. The van der Waals surface area contributed by atoms with Crippen molar-refractivity contribution in [3.05, 3.63) is 23.8 Å². The summed E-state index contributed by atoms with van der Waals surface area (Å²) >= 11 is 0. The highest BCUT2D eigenvalue weighted by molar-refractivity contribution is 7.92. The van der Waals surface area contributed by atoms with Crippen LogP contribution >= 0.6 is 0 Å². The van der Waals surface area contributed by atoms with Crippen LogP contribution in [0.4, 0.5) is 5.69 Å². The number of primary amides is 1. The molecule has 1 rings (SSSR count). The van der Waals surface area contributed by atoms with E-state index in [0.717, 1.165) is 16.1 Å². The quantitative estimate of drug-likeness (QED) is 0.860. The molecule has 0 spiro atoms. The van der Waals surface area contributed by atoms with Crippen molar-refractivity contribution in [1.29, 1.82) is 0 Å². The third-order valence-corrected chi connectivity index (χ3v) is 3.92. The van der Waals surface area contributed by atoms with Gasteiger partial charge in [0.25, 0.3) is 0 Å². The van der Waals surface area contributed by atoms with E-state index in [9.17, 15) is 13.2 Å². The van der Waals surface area contributed by atoms with Crippen LogP contribution in [0.1, 0.15) is 12.5 Å². The summed E-state index contributed by atoms with van der Waals surface area (Å²) in [7, 11) is -2.22. The fourth-order valence-corrected chi connectivity index (χ4v) is 2.94. The van der Waals surface area contributed by atoms with E-state index in [1.54, 1.807) is 18.2 Å². The highest BCUT2D eigenvalue weighted by Gasteiger charge is 2.29. The van der Waals surface area contributed by atoms with Crippen LogP contribution in [0.5, 0.6) is 5.75 Å². The first-order valence-corrected chi connectivity index (χ1v) is 7.46. The molecule has 0 heterocycles. The first-order valence-electron chi connectivity index (χ1n) is 5.62. The number of hydrogen-bond acceptors (Lipinski definition) is 4. The number of sulfonamides is 1. The zero-order chi connectivity index (χ0) is 14.8. The molecule has 7 heteroatoms. The summed E-state index contributed by atoms with van der Waals surface area (Å²) in [5.41, 5.74) is 6.37. The lowest BCUT2D eigenvalue weighted by Crippen LogP contribution is -2.46. The Bertz CT molecular complexity index is 583. The summed E-state index contributed by atoms with van der Waals surface area (Å²) < 4.78 is 30.0. The number of ether oxygens (including phenoxy) is 1. The van der Waals surface area contributed by atoms with Gasteiger partial charge in [-0.3, -0.25) is 9.10 Å². The summed E-state index contributed by atoms with van der Waals surface area (Å²) in [6.07, 6.45) is 1.02. The van der Waals surface area contributed by atoms with E-state index in [-0.39, 0.29) is 0 Å². The van der Waals surface area contributed by atoms with Gasteiger partial charge in [-0.1, -0.05) is 6.07 Å². The summed E-state index contributed by atoms with van der Waals surface area (Å²) in [6.45, 7) is 3.25. The van der Waals surface area contributed by atoms with Crippen molar-refractivity contribution >= 4 is 21.6 Å². The predicted octanol–water partition coefficient (Wildman–Crippen LogP) is 0.643. The van der Waals surface area contributed by atoms with Crippen LogP contribution in [0, 0.1) is 6.92 Å². The zero-order valence-electron chi connectivity index (χ0n) is 11.4. The van der Waals surface area contributed by atoms with Crippen LogP contribution in [0.15, 0.2) is 18.2 Å². The van der Waals surface area contributed by atoms with Gasteiger partial charge in [0.1, 0.15) is 11.8 Å². The average Bonchev–Trinajstić information content (AvgIpc) is 2.27. The number of benzene rings is 1. The van der Waals surface area contributed by atoms with Gasteiger partial charge in [-0.2, -0.15) is 0 Å². The standard InChI is InChI=1S/C12H18N2O4S/c1-8-5-6-11(18-3)10(7-8)14(19(4,16)17)9(2)12(13)15/h5-7,9H,1-4H3,(H2,13,15)/t9-/m1/s1. The van der Waals surface area contributed by atoms with Gasteiger partial charge in [-0.25, -0.2) is 8.42 Å². The molecule has 1 atom stereocenters. The minimum absolute atomic E-state index is 0.302. The summed E-state index contributed by atoms with van der Waals surface area (Å²) in [5, 5.41) is 0. The first-order chi connectivity index (χ1) is 8.68. The Morgan fingerprint density at radius 1 is 1.42 bits per heavy atom. The van der Waals surface area contributed by atoms with E-state index in [1.807, 2.05) is 6.92 Å². The Morgan fingerprint density at radius 3 is 2.42 bits per heavy atom. The number of carbonyl (C=O) groups excluding carboxylic acids is 1. The number of carbonyl (C=O) groups is 1. The summed E-state index contributed by atoms with van der Waals surface area (Å²) in [5.74, 6) is -0.363. The molecule has 0 fully saturated rings. The zero-order valence-corrected chi connectivity index (χ0v) is 12.2. The van der Waals surface area contributed by atoms with Crippen LogP contribution in [-0.2, 0) is 14.8 Å². The number of nitrogens with two attached hydrogens (primary N) is 1. The lowest BCUT2D eigenvalue weighted by atomic mass is 10.2. The lowest BCUT2D eigenvalue weighted by molar-refractivity contribution is -0.118. The Kier molecular flexibility index (Phi) is 4.41. The van der Waals surface area contributed by atoms with Gasteiger partial charge in [0.2, 0.25) is 15.9 Å². The maximum atomic E-state index is 11.9. The molecule has 0 radical (unpaired) electrons. The molecule has 106 valence electrons.